The van der Waals surface area contributed by atoms with Gasteiger partial charge < -0.3 is 19.5 Å². The SMILES string of the molecule is COc1cc(C(=O)N2CCC3(CC2)c2nc[nH]c2CCN3C(C)=O)ccn1. The third-order valence-electron chi connectivity index (χ3n) is 5.71. The van der Waals surface area contributed by atoms with E-state index in [9.17, 15) is 9.59 Å². The molecule has 2 aromatic rings. The van der Waals surface area contributed by atoms with Crippen LogP contribution < -0.4 is 4.74 Å². The minimum Gasteiger partial charge on any atom is -0.481 e. The van der Waals surface area contributed by atoms with E-state index in [0.717, 1.165) is 17.8 Å². The van der Waals surface area contributed by atoms with E-state index in [1.807, 2.05) is 9.80 Å². The van der Waals surface area contributed by atoms with Crippen LogP contribution in [0.15, 0.2) is 24.7 Å². The lowest BCUT2D eigenvalue weighted by Crippen LogP contribution is -2.58. The van der Waals surface area contributed by atoms with Crippen LogP contribution in [-0.2, 0) is 16.8 Å². The number of amides is 2. The molecule has 0 saturated carbocycles. The van der Waals surface area contributed by atoms with E-state index < -0.39 is 5.54 Å². The van der Waals surface area contributed by atoms with Crippen molar-refractivity contribution >= 4 is 11.8 Å². The largest absolute Gasteiger partial charge is 0.481 e. The van der Waals surface area contributed by atoms with Gasteiger partial charge in [0.1, 0.15) is 0 Å². The molecule has 8 nitrogen and oxygen atoms in total. The molecule has 142 valence electrons. The minimum atomic E-state index is -0.424. The molecule has 0 bridgehead atoms. The maximum absolute atomic E-state index is 12.9. The summed E-state index contributed by atoms with van der Waals surface area (Å²) in [5, 5.41) is 0. The van der Waals surface area contributed by atoms with E-state index in [2.05, 4.69) is 15.0 Å². The normalized spacial score (nSPS) is 18.3. The van der Waals surface area contributed by atoms with Crippen molar-refractivity contribution in [2.24, 2.45) is 0 Å². The second kappa shape index (κ2) is 6.68. The van der Waals surface area contributed by atoms with Crippen LogP contribution in [0.1, 0.15) is 41.5 Å². The van der Waals surface area contributed by atoms with Gasteiger partial charge in [0.2, 0.25) is 11.8 Å². The average Bonchev–Trinajstić information content (AvgIpc) is 3.18. The van der Waals surface area contributed by atoms with E-state index in [-0.39, 0.29) is 11.8 Å². The number of likely N-dealkylation sites (tertiary alicyclic amines) is 1. The first-order valence-corrected chi connectivity index (χ1v) is 9.15. The zero-order valence-electron chi connectivity index (χ0n) is 15.6. The van der Waals surface area contributed by atoms with Crippen LogP contribution in [0.2, 0.25) is 0 Å². The third-order valence-corrected chi connectivity index (χ3v) is 5.71. The summed E-state index contributed by atoms with van der Waals surface area (Å²) >= 11 is 0. The Morgan fingerprint density at radius 2 is 2.00 bits per heavy atom. The summed E-state index contributed by atoms with van der Waals surface area (Å²) in [7, 11) is 1.53. The quantitative estimate of drug-likeness (QED) is 0.863. The number of H-pyrrole nitrogens is 1. The molecular formula is C19H23N5O3. The molecule has 2 aliphatic rings. The second-order valence-electron chi connectivity index (χ2n) is 7.06. The lowest BCUT2D eigenvalue weighted by atomic mass is 9.78. The zero-order chi connectivity index (χ0) is 19.0. The highest BCUT2D eigenvalue weighted by atomic mass is 16.5. The molecule has 0 atom stereocenters. The Kier molecular flexibility index (Phi) is 4.33. The van der Waals surface area contributed by atoms with Crippen molar-refractivity contribution in [3.05, 3.63) is 41.6 Å². The molecule has 1 saturated heterocycles. The van der Waals surface area contributed by atoms with Gasteiger partial charge in [-0.3, -0.25) is 9.59 Å². The summed E-state index contributed by atoms with van der Waals surface area (Å²) in [6.45, 7) is 3.43. The smallest absolute Gasteiger partial charge is 0.254 e. The van der Waals surface area contributed by atoms with Crippen LogP contribution in [0.3, 0.4) is 0 Å². The number of carbonyl (C=O) groups is 2. The van der Waals surface area contributed by atoms with Crippen molar-refractivity contribution in [2.45, 2.75) is 31.7 Å². The Labute approximate surface area is 157 Å². The van der Waals surface area contributed by atoms with E-state index in [4.69, 9.17) is 4.74 Å². The van der Waals surface area contributed by atoms with Gasteiger partial charge in [0.05, 0.1) is 24.7 Å². The summed E-state index contributed by atoms with van der Waals surface area (Å²) in [6, 6.07) is 3.35. The fourth-order valence-electron chi connectivity index (χ4n) is 4.36. The molecule has 1 spiro atoms. The highest BCUT2D eigenvalue weighted by molar-refractivity contribution is 5.94. The maximum atomic E-state index is 12.9. The average molecular weight is 369 g/mol. The van der Waals surface area contributed by atoms with Gasteiger partial charge in [0.15, 0.2) is 0 Å². The van der Waals surface area contributed by atoms with E-state index in [0.29, 0.717) is 43.9 Å². The Balaban J connectivity index is 1.57. The number of nitrogens with one attached hydrogen (secondary N) is 1. The number of ether oxygens (including phenoxy) is 1. The summed E-state index contributed by atoms with van der Waals surface area (Å²) in [4.78, 5) is 40.8. The van der Waals surface area contributed by atoms with Gasteiger partial charge in [0.25, 0.3) is 5.91 Å². The summed E-state index contributed by atoms with van der Waals surface area (Å²) in [5.74, 6) is 0.436. The van der Waals surface area contributed by atoms with Gasteiger partial charge in [-0.15, -0.1) is 0 Å². The molecule has 0 aliphatic carbocycles. The van der Waals surface area contributed by atoms with Crippen LogP contribution in [0, 0.1) is 0 Å². The number of pyridine rings is 1. The van der Waals surface area contributed by atoms with Gasteiger partial charge >= 0.3 is 0 Å². The molecule has 8 heteroatoms. The van der Waals surface area contributed by atoms with Crippen LogP contribution in [0.25, 0.3) is 0 Å². The minimum absolute atomic E-state index is 0.0435. The number of carbonyl (C=O) groups excluding carboxylic acids is 2. The molecule has 1 N–H and O–H groups in total. The number of piperidine rings is 1. The van der Waals surface area contributed by atoms with Gasteiger partial charge in [0, 0.05) is 56.5 Å². The lowest BCUT2D eigenvalue weighted by Gasteiger charge is -2.50. The van der Waals surface area contributed by atoms with Gasteiger partial charge in [-0.05, 0) is 18.9 Å². The molecule has 1 fully saturated rings. The van der Waals surface area contributed by atoms with Crippen LogP contribution >= 0.6 is 0 Å². The third kappa shape index (κ3) is 2.85. The van der Waals surface area contributed by atoms with Gasteiger partial charge in [-0.1, -0.05) is 0 Å². The van der Waals surface area contributed by atoms with Gasteiger partial charge in [-0.25, -0.2) is 9.97 Å². The number of aromatic amines is 1. The summed E-state index contributed by atoms with van der Waals surface area (Å²) in [6.07, 6.45) is 5.43. The van der Waals surface area contributed by atoms with Crippen LogP contribution in [-0.4, -0.2) is 63.3 Å². The number of hydrogen-bond acceptors (Lipinski definition) is 5. The number of aromatic nitrogens is 3. The molecule has 0 aromatic carbocycles. The standard InChI is InChI=1S/C19H23N5O3/c1-13(25)24-8-4-15-17(22-12-21-15)19(24)5-9-23(10-6-19)18(26)14-3-7-20-16(11-14)27-2/h3,7,11-12H,4-6,8-10H2,1-2H3,(H,21,22). The highest BCUT2D eigenvalue weighted by Gasteiger charge is 2.48. The van der Waals surface area contributed by atoms with Gasteiger partial charge in [-0.2, -0.15) is 0 Å². The molecule has 4 heterocycles. The predicted octanol–water partition coefficient (Wildman–Crippen LogP) is 1.35. The van der Waals surface area contributed by atoms with Crippen molar-refractivity contribution in [1.82, 2.24) is 24.8 Å². The number of imidazole rings is 1. The number of hydrogen-bond donors (Lipinski definition) is 1. The lowest BCUT2D eigenvalue weighted by molar-refractivity contribution is -0.139. The fourth-order valence-corrected chi connectivity index (χ4v) is 4.36. The van der Waals surface area contributed by atoms with Crippen molar-refractivity contribution < 1.29 is 14.3 Å². The van der Waals surface area contributed by atoms with Crippen molar-refractivity contribution in [2.75, 3.05) is 26.7 Å². The van der Waals surface area contributed by atoms with Crippen molar-refractivity contribution in [3.8, 4) is 5.88 Å². The predicted molar refractivity (Wildman–Crippen MR) is 97.3 cm³/mol. The number of nitrogens with zero attached hydrogens (tertiary/aromatic N) is 4. The molecule has 27 heavy (non-hydrogen) atoms. The molecule has 2 aliphatic heterocycles. The number of methoxy groups -OCH3 is 1. The first kappa shape index (κ1) is 17.5. The molecule has 2 aromatic heterocycles. The summed E-state index contributed by atoms with van der Waals surface area (Å²) in [5.41, 5.74) is 2.20. The monoisotopic (exact) mass is 369 g/mol. The first-order chi connectivity index (χ1) is 13.0. The molecular weight excluding hydrogens is 346 g/mol. The number of fused-ring (bicyclic) bond motifs is 2. The maximum Gasteiger partial charge on any atom is 0.254 e. The first-order valence-electron chi connectivity index (χ1n) is 9.15. The van der Waals surface area contributed by atoms with E-state index in [1.54, 1.807) is 31.6 Å². The van der Waals surface area contributed by atoms with Crippen molar-refractivity contribution in [3.63, 3.8) is 0 Å². The van der Waals surface area contributed by atoms with Crippen LogP contribution in [0.4, 0.5) is 0 Å². The molecule has 0 radical (unpaired) electrons. The number of rotatable bonds is 2. The van der Waals surface area contributed by atoms with Crippen molar-refractivity contribution in [1.29, 1.82) is 0 Å². The zero-order valence-corrected chi connectivity index (χ0v) is 15.6. The Morgan fingerprint density at radius 1 is 1.22 bits per heavy atom. The Hall–Kier alpha value is -2.90. The topological polar surface area (TPSA) is 91.4 Å². The Bertz CT molecular complexity index is 870. The van der Waals surface area contributed by atoms with E-state index in [1.165, 1.54) is 7.11 Å². The molecule has 0 unspecified atom stereocenters. The van der Waals surface area contributed by atoms with E-state index >= 15 is 0 Å². The Morgan fingerprint density at radius 3 is 2.70 bits per heavy atom. The van der Waals surface area contributed by atoms with Crippen LogP contribution in [0.5, 0.6) is 5.88 Å². The molecule has 4 rings (SSSR count). The second-order valence-corrected chi connectivity index (χ2v) is 7.06. The molecule has 2 amide bonds. The highest BCUT2D eigenvalue weighted by Crippen LogP contribution is 2.42. The fraction of sp³-hybridized carbons (Fsp3) is 0.474. The summed E-state index contributed by atoms with van der Waals surface area (Å²) < 4.78 is 5.12.